The third-order valence-electron chi connectivity index (χ3n) is 4.76. The lowest BCUT2D eigenvalue weighted by Crippen LogP contribution is -2.02. The molecule has 0 heterocycles. The lowest BCUT2D eigenvalue weighted by atomic mass is 9.93. The van der Waals surface area contributed by atoms with Crippen molar-refractivity contribution in [1.82, 2.24) is 0 Å². The van der Waals surface area contributed by atoms with Crippen LogP contribution in [-0.4, -0.2) is 17.9 Å². The van der Waals surface area contributed by atoms with Gasteiger partial charge in [-0.2, -0.15) is 0 Å². The molecule has 0 N–H and O–H groups in total. The van der Waals surface area contributed by atoms with Gasteiger partial charge < -0.3 is 4.74 Å². The summed E-state index contributed by atoms with van der Waals surface area (Å²) in [5.74, 6) is 0.678. The highest BCUT2D eigenvalue weighted by Gasteiger charge is 2.21. The molecule has 0 aliphatic heterocycles. The number of fused-ring (bicyclic) bond motifs is 2. The van der Waals surface area contributed by atoms with Crippen molar-refractivity contribution in [3.8, 4) is 16.9 Å². The summed E-state index contributed by atoms with van der Waals surface area (Å²) in [6, 6.07) is 19.0. The first-order chi connectivity index (χ1) is 14.0. The highest BCUT2D eigenvalue weighted by atomic mass is 35.5. The van der Waals surface area contributed by atoms with Crippen molar-refractivity contribution in [1.29, 1.82) is 0 Å². The second-order valence-electron chi connectivity index (χ2n) is 6.45. The van der Waals surface area contributed by atoms with E-state index in [1.165, 1.54) is 0 Å². The fourth-order valence-corrected chi connectivity index (χ4v) is 4.82. The van der Waals surface area contributed by atoms with E-state index in [1.54, 1.807) is 7.11 Å². The molecule has 0 amide bonds. The molecule has 0 aliphatic carbocycles. The maximum absolute atomic E-state index is 12.9. The predicted molar refractivity (Wildman–Crippen MR) is 121 cm³/mol. The van der Waals surface area contributed by atoms with Crippen LogP contribution in [0, 0.1) is 0 Å². The van der Waals surface area contributed by atoms with Crippen molar-refractivity contribution < 1.29 is 13.1 Å². The maximum atomic E-state index is 12.9. The fourth-order valence-electron chi connectivity index (χ4n) is 3.56. The monoisotopic (exact) mass is 444 g/mol. The Hall–Kier alpha value is -2.11. The van der Waals surface area contributed by atoms with Gasteiger partial charge in [-0.05, 0) is 64.9 Å². The zero-order chi connectivity index (χ0) is 20.5. The van der Waals surface area contributed by atoms with Gasteiger partial charge in [-0.15, -0.1) is 0 Å². The largest absolute Gasteiger partial charge is 0.496 e. The van der Waals surface area contributed by atoms with Gasteiger partial charge in [0.15, 0.2) is 11.1 Å². The molecule has 0 spiro atoms. The van der Waals surface area contributed by atoms with Crippen LogP contribution in [0.3, 0.4) is 0 Å². The van der Waals surface area contributed by atoms with E-state index in [-0.39, 0.29) is 0 Å². The molecule has 4 rings (SSSR count). The summed E-state index contributed by atoms with van der Waals surface area (Å²) in [5, 5.41) is 5.06. The maximum Gasteiger partial charge on any atom is 0.189 e. The van der Waals surface area contributed by atoms with Gasteiger partial charge in [0.2, 0.25) is 0 Å². The molecule has 148 valence electrons. The van der Waals surface area contributed by atoms with Crippen LogP contribution in [0.2, 0.25) is 10.0 Å². The topological polar surface area (TPSA) is 35.5 Å². The summed E-state index contributed by atoms with van der Waals surface area (Å²) in [5.41, 5.74) is 1.65. The van der Waals surface area contributed by atoms with Crippen LogP contribution in [0.5, 0.6) is 5.75 Å². The highest BCUT2D eigenvalue weighted by Crippen LogP contribution is 2.44. The third kappa shape index (κ3) is 3.74. The van der Waals surface area contributed by atoms with Gasteiger partial charge in [0.25, 0.3) is 0 Å². The Balaban J connectivity index is 2.17. The quantitative estimate of drug-likeness (QED) is 0.331. The number of halogens is 2. The Morgan fingerprint density at radius 2 is 1.41 bits per heavy atom. The van der Waals surface area contributed by atoms with E-state index >= 15 is 0 Å². The zero-order valence-corrected chi connectivity index (χ0v) is 18.2. The van der Waals surface area contributed by atoms with E-state index in [2.05, 4.69) is 0 Å². The first kappa shape index (κ1) is 20.2. The fraction of sp³-hybridized carbons (Fsp3) is 0.130. The van der Waals surface area contributed by atoms with Crippen LogP contribution >= 0.6 is 23.2 Å². The smallest absolute Gasteiger partial charge is 0.189 e. The van der Waals surface area contributed by atoms with E-state index in [0.29, 0.717) is 27.3 Å². The van der Waals surface area contributed by atoms with Gasteiger partial charge >= 0.3 is 0 Å². The number of methoxy groups -OCH3 is 1. The summed E-state index contributed by atoms with van der Waals surface area (Å²) in [4.78, 5) is 0.586. The molecule has 0 saturated heterocycles. The van der Waals surface area contributed by atoms with Crippen LogP contribution in [0.25, 0.3) is 32.7 Å². The van der Waals surface area contributed by atoms with E-state index in [1.807, 2.05) is 67.6 Å². The van der Waals surface area contributed by atoms with Crippen molar-refractivity contribution in [2.24, 2.45) is 0 Å². The molecule has 0 aliphatic rings. The molecule has 0 radical (unpaired) electrons. The molecule has 6 heteroatoms. The van der Waals surface area contributed by atoms with Crippen molar-refractivity contribution in [3.05, 3.63) is 70.7 Å². The van der Waals surface area contributed by atoms with Gasteiger partial charge in [-0.3, -0.25) is 4.18 Å². The van der Waals surface area contributed by atoms with Gasteiger partial charge in [0, 0.05) is 21.2 Å². The van der Waals surface area contributed by atoms with Crippen LogP contribution < -0.4 is 4.74 Å². The van der Waals surface area contributed by atoms with E-state index in [4.69, 9.17) is 32.1 Å². The molecule has 1 unspecified atom stereocenters. The molecule has 0 fully saturated rings. The van der Waals surface area contributed by atoms with Crippen LogP contribution in [-0.2, 0) is 15.3 Å². The van der Waals surface area contributed by atoms with Crippen molar-refractivity contribution >= 4 is 55.8 Å². The van der Waals surface area contributed by atoms with Gasteiger partial charge in [0.05, 0.1) is 18.6 Å². The summed E-state index contributed by atoms with van der Waals surface area (Å²) in [6.07, 6.45) is 0. The van der Waals surface area contributed by atoms with Crippen LogP contribution in [0.15, 0.2) is 65.6 Å². The van der Waals surface area contributed by atoms with Gasteiger partial charge in [0.1, 0.15) is 5.75 Å². The highest BCUT2D eigenvalue weighted by molar-refractivity contribution is 7.80. The molecule has 4 aromatic carbocycles. The minimum atomic E-state index is -1.63. The Morgan fingerprint density at radius 3 is 2.00 bits per heavy atom. The molecule has 0 bridgehead atoms. The van der Waals surface area contributed by atoms with Crippen molar-refractivity contribution in [2.45, 2.75) is 11.8 Å². The summed E-state index contributed by atoms with van der Waals surface area (Å²) >= 11 is 10.8. The van der Waals surface area contributed by atoms with Crippen LogP contribution in [0.1, 0.15) is 6.92 Å². The summed E-state index contributed by atoms with van der Waals surface area (Å²) in [7, 11) is 1.63. The Labute approximate surface area is 181 Å². The van der Waals surface area contributed by atoms with Crippen molar-refractivity contribution in [2.75, 3.05) is 13.7 Å². The Bertz CT molecular complexity index is 1250. The first-order valence-electron chi connectivity index (χ1n) is 9.07. The number of rotatable bonds is 5. The molecule has 1 atom stereocenters. The van der Waals surface area contributed by atoms with Crippen LogP contribution in [0.4, 0.5) is 0 Å². The second-order valence-corrected chi connectivity index (χ2v) is 8.47. The molecule has 0 aromatic heterocycles. The van der Waals surface area contributed by atoms with Gasteiger partial charge in [-0.1, -0.05) is 47.5 Å². The summed E-state index contributed by atoms with van der Waals surface area (Å²) < 4.78 is 24.1. The Kier molecular flexibility index (Phi) is 5.79. The zero-order valence-electron chi connectivity index (χ0n) is 15.9. The average Bonchev–Trinajstić information content (AvgIpc) is 2.72. The number of hydrogen-bond donors (Lipinski definition) is 0. The third-order valence-corrected chi connectivity index (χ3v) is 6.38. The standard InChI is InChI=1S/C23H18Cl2O3S/c1-3-28-29(26)21-11-5-15-13-17(25)7-9-19(15)23(21)22-18-8-6-16(24)12-14(18)4-10-20(22)27-2/h4-13H,3H2,1-2H3. The molecule has 0 saturated carbocycles. The number of benzene rings is 4. The van der Waals surface area contributed by atoms with E-state index < -0.39 is 11.1 Å². The van der Waals surface area contributed by atoms with E-state index in [9.17, 15) is 4.21 Å². The molecule has 29 heavy (non-hydrogen) atoms. The van der Waals surface area contributed by atoms with Gasteiger partial charge in [-0.25, -0.2) is 4.21 Å². The van der Waals surface area contributed by atoms with Crippen molar-refractivity contribution in [3.63, 3.8) is 0 Å². The SMILES string of the molecule is CCOS(=O)c1ccc2cc(Cl)ccc2c1-c1c(OC)ccc2cc(Cl)ccc12. The minimum Gasteiger partial charge on any atom is -0.496 e. The first-order valence-corrected chi connectivity index (χ1v) is 10.9. The minimum absolute atomic E-state index is 0.340. The normalized spacial score (nSPS) is 12.4. The lowest BCUT2D eigenvalue weighted by Gasteiger charge is -2.18. The molecule has 3 nitrogen and oxygen atoms in total. The van der Waals surface area contributed by atoms with E-state index in [0.717, 1.165) is 32.7 Å². The number of hydrogen-bond acceptors (Lipinski definition) is 3. The molecular weight excluding hydrogens is 427 g/mol. The number of ether oxygens (including phenoxy) is 1. The second kappa shape index (κ2) is 8.33. The predicted octanol–water partition coefficient (Wildman–Crippen LogP) is 7.03. The lowest BCUT2D eigenvalue weighted by molar-refractivity contribution is 0.372. The average molecular weight is 445 g/mol. The Morgan fingerprint density at radius 1 is 0.828 bits per heavy atom. The summed E-state index contributed by atoms with van der Waals surface area (Å²) in [6.45, 7) is 2.16. The molecule has 4 aromatic rings. The molecular formula is C23H18Cl2O3S.